The number of hydrogen-bond donors (Lipinski definition) is 1. The Morgan fingerprint density at radius 3 is 2.44 bits per heavy atom. The van der Waals surface area contributed by atoms with Crippen LogP contribution in [0.1, 0.15) is 37.3 Å². The first kappa shape index (κ1) is 15.2. The highest BCUT2D eigenvalue weighted by molar-refractivity contribution is 7.91. The highest BCUT2D eigenvalue weighted by Crippen LogP contribution is 2.17. The lowest BCUT2D eigenvalue weighted by Gasteiger charge is -2.09. The van der Waals surface area contributed by atoms with Crippen LogP contribution in [0.3, 0.4) is 0 Å². The third-order valence-electron chi connectivity index (χ3n) is 3.26. The molecule has 0 saturated heterocycles. The Morgan fingerprint density at radius 2 is 1.89 bits per heavy atom. The van der Waals surface area contributed by atoms with Crippen LogP contribution < -0.4 is 0 Å². The predicted octanol–water partition coefficient (Wildman–Crippen LogP) is 2.63. The fourth-order valence-corrected chi connectivity index (χ4v) is 3.15. The summed E-state index contributed by atoms with van der Waals surface area (Å²) >= 11 is 0. The number of benzene rings is 1. The summed E-state index contributed by atoms with van der Waals surface area (Å²) in [7, 11) is -3.21. The van der Waals surface area contributed by atoms with Gasteiger partial charge in [0.2, 0.25) is 0 Å². The van der Waals surface area contributed by atoms with Crippen molar-refractivity contribution in [3.63, 3.8) is 0 Å². The fraction of sp³-hybridized carbons (Fsp3) is 0.571. The molecule has 0 spiro atoms. The molecule has 18 heavy (non-hydrogen) atoms. The van der Waals surface area contributed by atoms with Crippen molar-refractivity contribution in [2.45, 2.75) is 51.0 Å². The molecule has 4 heteroatoms. The summed E-state index contributed by atoms with van der Waals surface area (Å²) in [6, 6.07) is 5.22. The largest absolute Gasteiger partial charge is 0.393 e. The minimum absolute atomic E-state index is 0.104. The van der Waals surface area contributed by atoms with Gasteiger partial charge in [-0.25, -0.2) is 8.42 Å². The molecule has 1 aromatic carbocycles. The molecule has 3 nitrogen and oxygen atoms in total. The molecule has 0 radical (unpaired) electrons. The Kier molecular flexibility index (Phi) is 5.35. The van der Waals surface area contributed by atoms with Crippen LogP contribution in [-0.2, 0) is 9.84 Å². The second-order valence-corrected chi connectivity index (χ2v) is 6.88. The summed E-state index contributed by atoms with van der Waals surface area (Å²) in [5.74, 6) is 0.104. The van der Waals surface area contributed by atoms with E-state index in [1.807, 2.05) is 26.8 Å². The first-order valence-electron chi connectivity index (χ1n) is 6.35. The lowest BCUT2D eigenvalue weighted by Crippen LogP contribution is -2.11. The molecule has 1 aromatic rings. The first-order chi connectivity index (χ1) is 8.36. The molecular formula is C14H22O3S. The summed E-state index contributed by atoms with van der Waals surface area (Å²) < 4.78 is 24.2. The molecule has 1 atom stereocenters. The zero-order valence-electron chi connectivity index (χ0n) is 11.3. The van der Waals surface area contributed by atoms with E-state index < -0.39 is 9.84 Å². The maximum atomic E-state index is 12.1. The van der Waals surface area contributed by atoms with E-state index in [0.717, 1.165) is 11.1 Å². The van der Waals surface area contributed by atoms with Crippen LogP contribution in [0.15, 0.2) is 23.1 Å². The molecule has 1 rings (SSSR count). The van der Waals surface area contributed by atoms with Gasteiger partial charge in [0.25, 0.3) is 0 Å². The average molecular weight is 270 g/mol. The fourth-order valence-electron chi connectivity index (χ4n) is 1.74. The average Bonchev–Trinajstić information content (AvgIpc) is 2.32. The molecule has 0 bridgehead atoms. The van der Waals surface area contributed by atoms with Crippen molar-refractivity contribution in [3.05, 3.63) is 29.3 Å². The van der Waals surface area contributed by atoms with Crippen molar-refractivity contribution in [1.29, 1.82) is 0 Å². The Morgan fingerprint density at radius 1 is 1.22 bits per heavy atom. The standard InChI is InChI=1S/C14H22O3S/c1-4-13(15)6-5-9-18(16,17)14-8-7-11(2)12(3)10-14/h7-8,10,13,15H,4-6,9H2,1-3H3. The van der Waals surface area contributed by atoms with Gasteiger partial charge in [-0.1, -0.05) is 13.0 Å². The Balaban J connectivity index is 2.71. The van der Waals surface area contributed by atoms with Crippen LogP contribution in [0.2, 0.25) is 0 Å². The quantitative estimate of drug-likeness (QED) is 0.864. The zero-order chi connectivity index (χ0) is 13.8. The first-order valence-corrected chi connectivity index (χ1v) is 8.00. The molecule has 102 valence electrons. The third-order valence-corrected chi connectivity index (χ3v) is 5.06. The lowest BCUT2D eigenvalue weighted by atomic mass is 10.1. The van der Waals surface area contributed by atoms with E-state index in [2.05, 4.69) is 0 Å². The van der Waals surface area contributed by atoms with Gasteiger partial charge in [-0.05, 0) is 56.4 Å². The second-order valence-electron chi connectivity index (χ2n) is 4.77. The zero-order valence-corrected chi connectivity index (χ0v) is 12.1. The SMILES string of the molecule is CCC(O)CCCS(=O)(=O)c1ccc(C)c(C)c1. The Bertz CT molecular complexity index is 492. The van der Waals surface area contributed by atoms with Gasteiger partial charge in [0.1, 0.15) is 0 Å². The number of sulfone groups is 1. The van der Waals surface area contributed by atoms with E-state index in [-0.39, 0.29) is 11.9 Å². The van der Waals surface area contributed by atoms with Crippen molar-refractivity contribution in [2.24, 2.45) is 0 Å². The van der Waals surface area contributed by atoms with Crippen molar-refractivity contribution in [3.8, 4) is 0 Å². The topological polar surface area (TPSA) is 54.4 Å². The van der Waals surface area contributed by atoms with E-state index in [9.17, 15) is 13.5 Å². The Hall–Kier alpha value is -0.870. The molecule has 0 aliphatic heterocycles. The van der Waals surface area contributed by atoms with Crippen LogP contribution in [-0.4, -0.2) is 25.4 Å². The number of aryl methyl sites for hydroxylation is 2. The molecule has 0 aromatic heterocycles. The predicted molar refractivity (Wildman–Crippen MR) is 73.5 cm³/mol. The maximum Gasteiger partial charge on any atom is 0.178 e. The summed E-state index contributed by atoms with van der Waals surface area (Å²) in [6.45, 7) is 5.76. The maximum absolute atomic E-state index is 12.1. The minimum Gasteiger partial charge on any atom is -0.393 e. The second kappa shape index (κ2) is 6.34. The van der Waals surface area contributed by atoms with Crippen LogP contribution in [0.4, 0.5) is 0 Å². The highest BCUT2D eigenvalue weighted by atomic mass is 32.2. The van der Waals surface area contributed by atoms with Gasteiger partial charge in [-0.2, -0.15) is 0 Å². The molecule has 0 aliphatic carbocycles. The van der Waals surface area contributed by atoms with Crippen molar-refractivity contribution in [2.75, 3.05) is 5.75 Å². The van der Waals surface area contributed by atoms with Crippen LogP contribution in [0, 0.1) is 13.8 Å². The smallest absolute Gasteiger partial charge is 0.178 e. The van der Waals surface area contributed by atoms with E-state index >= 15 is 0 Å². The van der Waals surface area contributed by atoms with Crippen molar-refractivity contribution in [1.82, 2.24) is 0 Å². The number of aliphatic hydroxyl groups excluding tert-OH is 1. The summed E-state index contributed by atoms with van der Waals surface area (Å²) in [5, 5.41) is 9.41. The van der Waals surface area contributed by atoms with Gasteiger partial charge < -0.3 is 5.11 Å². The van der Waals surface area contributed by atoms with Crippen LogP contribution in [0.5, 0.6) is 0 Å². The Labute approximate surface area is 110 Å². The third kappa shape index (κ3) is 4.10. The van der Waals surface area contributed by atoms with Gasteiger partial charge >= 0.3 is 0 Å². The van der Waals surface area contributed by atoms with Gasteiger partial charge in [0, 0.05) is 0 Å². The summed E-state index contributed by atoms with van der Waals surface area (Å²) in [4.78, 5) is 0.386. The van der Waals surface area contributed by atoms with Crippen LogP contribution in [0.25, 0.3) is 0 Å². The number of aliphatic hydroxyl groups is 1. The van der Waals surface area contributed by atoms with E-state index in [1.165, 1.54) is 0 Å². The van der Waals surface area contributed by atoms with Crippen LogP contribution >= 0.6 is 0 Å². The summed E-state index contributed by atoms with van der Waals surface area (Å²) in [6.07, 6.45) is 1.33. The van der Waals surface area contributed by atoms with E-state index in [4.69, 9.17) is 0 Å². The van der Waals surface area contributed by atoms with Crippen molar-refractivity contribution < 1.29 is 13.5 Å². The molecule has 0 heterocycles. The normalized spacial score (nSPS) is 13.6. The molecule has 1 N–H and O–H groups in total. The lowest BCUT2D eigenvalue weighted by molar-refractivity contribution is 0.159. The van der Waals surface area contributed by atoms with Gasteiger partial charge in [-0.15, -0.1) is 0 Å². The van der Waals surface area contributed by atoms with Gasteiger partial charge in [0.05, 0.1) is 16.8 Å². The van der Waals surface area contributed by atoms with E-state index in [0.29, 0.717) is 24.2 Å². The molecule has 0 aliphatic rings. The number of hydrogen-bond acceptors (Lipinski definition) is 3. The van der Waals surface area contributed by atoms with Gasteiger partial charge in [-0.3, -0.25) is 0 Å². The minimum atomic E-state index is -3.21. The van der Waals surface area contributed by atoms with Crippen molar-refractivity contribution >= 4 is 9.84 Å². The number of rotatable bonds is 6. The molecule has 0 fully saturated rings. The van der Waals surface area contributed by atoms with Gasteiger partial charge in [0.15, 0.2) is 9.84 Å². The molecule has 0 amide bonds. The molecular weight excluding hydrogens is 248 g/mol. The highest BCUT2D eigenvalue weighted by Gasteiger charge is 2.15. The monoisotopic (exact) mass is 270 g/mol. The van der Waals surface area contributed by atoms with E-state index in [1.54, 1.807) is 12.1 Å². The summed E-state index contributed by atoms with van der Waals surface area (Å²) in [5.41, 5.74) is 2.08. The molecule has 1 unspecified atom stereocenters. The molecule has 0 saturated carbocycles.